The lowest BCUT2D eigenvalue weighted by atomic mass is 9.32. The summed E-state index contributed by atoms with van der Waals surface area (Å²) in [7, 11) is 0. The Morgan fingerprint density at radius 2 is 1.72 bits per heavy atom. The van der Waals surface area contributed by atoms with E-state index in [0.717, 1.165) is 31.2 Å². The number of guanidine groups is 1. The van der Waals surface area contributed by atoms with Crippen LogP contribution in [0.1, 0.15) is 104 Å². The zero-order valence-corrected chi connectivity index (χ0v) is 35.9. The lowest BCUT2D eigenvalue weighted by molar-refractivity contribution is -0.182. The molecule has 13 unspecified atom stereocenters. The molecule has 9 rings (SSSR count). The van der Waals surface area contributed by atoms with Gasteiger partial charge in [-0.05, 0) is 80.1 Å². The van der Waals surface area contributed by atoms with Crippen LogP contribution in [-0.4, -0.2) is 67.3 Å². The Bertz CT molecular complexity index is 2320. The molecule has 10 heteroatoms. The first-order valence-corrected chi connectivity index (χ1v) is 22.4. The number of carboxylic acid groups (broad SMARTS) is 1. The summed E-state index contributed by atoms with van der Waals surface area (Å²) in [4.78, 5) is 47.3. The van der Waals surface area contributed by atoms with Crippen molar-refractivity contribution in [1.29, 1.82) is 0 Å². The number of aliphatic carboxylic acids is 1. The lowest BCUT2D eigenvalue weighted by Crippen LogP contribution is -2.72. The van der Waals surface area contributed by atoms with Crippen LogP contribution in [0.5, 0.6) is 0 Å². The first kappa shape index (κ1) is 41.8. The van der Waals surface area contributed by atoms with E-state index in [1.165, 1.54) is 13.0 Å². The number of nitrogens with zero attached hydrogens (tertiary/aromatic N) is 1. The second kappa shape index (κ2) is 14.0. The molecular weight excluding hydrogens is 767 g/mol. The third-order valence-electron chi connectivity index (χ3n) is 18.0. The number of aliphatic imine (C=N–C) groups is 1. The number of ketones is 2. The maximum absolute atomic E-state index is 16.1. The minimum Gasteiger partial charge on any atom is -0.478 e. The van der Waals surface area contributed by atoms with Crippen molar-refractivity contribution in [2.75, 3.05) is 0 Å². The number of fused-ring (bicyclic) bond motifs is 2. The highest BCUT2D eigenvalue weighted by atomic mass is 16.4. The van der Waals surface area contributed by atoms with Gasteiger partial charge in [0.25, 0.3) is 0 Å². The van der Waals surface area contributed by atoms with Gasteiger partial charge >= 0.3 is 5.97 Å². The topological polar surface area (TPSA) is 197 Å². The number of aliphatic hydroxyl groups excluding tert-OH is 1. The molecule has 0 saturated heterocycles. The second-order valence-corrected chi connectivity index (χ2v) is 20.5. The van der Waals surface area contributed by atoms with Crippen molar-refractivity contribution in [2.45, 2.75) is 122 Å². The average Bonchev–Trinajstić information content (AvgIpc) is 3.81. The van der Waals surface area contributed by atoms with Crippen molar-refractivity contribution in [1.82, 2.24) is 0 Å². The first-order valence-electron chi connectivity index (χ1n) is 22.4. The standard InChI is InChI=1S/C51H61N3O7/c1-30(43(58)59)27-36(55)39-31(2)47(24-19-35(39)54-44(52)53)29-48(60)25-26-49(61)34(18-17-32-13-7-5-8-14-32)41-45(3)21-11-6-12-22-50(48)42(49)40(46(41,4)23-20-38(45)57)37(56)28-51(47,50)33-15-9-10-16-33/h5,7-8,13-14,17-19,24-27,31,33-36,39,41,55,60-61H,9-10,12,15-16,20-23,28-29H2,1-4H3,(H,58,59)(H4,52,53,54). The summed E-state index contributed by atoms with van der Waals surface area (Å²) in [5.74, 6) is 3.22. The molecule has 0 amide bonds. The number of rotatable bonds is 7. The number of Topliss-reactive ketones (excluding diaryl/α,β-unsaturated/α-hetero) is 2. The fourth-order valence-corrected chi connectivity index (χ4v) is 15.9. The number of carbonyl (C=O) groups is 3. The molecule has 8 N–H and O–H groups in total. The van der Waals surface area contributed by atoms with E-state index in [1.807, 2.05) is 62.4 Å². The van der Waals surface area contributed by atoms with Gasteiger partial charge < -0.3 is 31.9 Å². The summed E-state index contributed by atoms with van der Waals surface area (Å²) in [6.07, 6.45) is 17.4. The second-order valence-electron chi connectivity index (χ2n) is 20.5. The zero-order valence-electron chi connectivity index (χ0n) is 35.9. The summed E-state index contributed by atoms with van der Waals surface area (Å²) in [6.45, 7) is 7.62. The van der Waals surface area contributed by atoms with E-state index >= 15 is 4.79 Å². The van der Waals surface area contributed by atoms with Gasteiger partial charge in [-0.25, -0.2) is 9.79 Å². The number of carbonyl (C=O) groups excluding carboxylic acids is 2. The van der Waals surface area contributed by atoms with Crippen molar-refractivity contribution in [3.63, 3.8) is 0 Å². The van der Waals surface area contributed by atoms with Crippen LogP contribution in [0.2, 0.25) is 0 Å². The van der Waals surface area contributed by atoms with Crippen molar-refractivity contribution >= 4 is 29.6 Å². The van der Waals surface area contributed by atoms with E-state index in [0.29, 0.717) is 36.8 Å². The van der Waals surface area contributed by atoms with Gasteiger partial charge in [-0.15, -0.1) is 11.8 Å². The molecule has 3 fully saturated rings. The van der Waals surface area contributed by atoms with Gasteiger partial charge in [0, 0.05) is 75.7 Å². The normalized spacial score (nSPS) is 44.2. The third kappa shape index (κ3) is 5.32. The smallest absolute Gasteiger partial charge is 0.331 e. The number of nitrogens with two attached hydrogens (primary N) is 2. The number of hydrogen-bond donors (Lipinski definition) is 6. The zero-order chi connectivity index (χ0) is 43.5. The summed E-state index contributed by atoms with van der Waals surface area (Å²) in [6, 6.07) is 9.18. The monoisotopic (exact) mass is 827 g/mol. The van der Waals surface area contributed by atoms with Crippen molar-refractivity contribution in [2.24, 2.45) is 73.1 Å². The van der Waals surface area contributed by atoms with Gasteiger partial charge in [-0.1, -0.05) is 94.3 Å². The molecule has 10 nitrogen and oxygen atoms in total. The number of aliphatic hydroxyl groups is 3. The third-order valence-corrected chi connectivity index (χ3v) is 18.0. The number of hydrogen-bond acceptors (Lipinski definition) is 7. The highest BCUT2D eigenvalue weighted by molar-refractivity contribution is 6.02. The van der Waals surface area contributed by atoms with Gasteiger partial charge in [0.15, 0.2) is 11.7 Å². The maximum atomic E-state index is 16.1. The van der Waals surface area contributed by atoms with Crippen LogP contribution in [0.15, 0.2) is 88.5 Å². The molecule has 0 aliphatic heterocycles. The molecule has 0 radical (unpaired) electrons. The Labute approximate surface area is 359 Å². The molecule has 4 bridgehead atoms. The van der Waals surface area contributed by atoms with Crippen LogP contribution in [-0.2, 0) is 14.4 Å². The summed E-state index contributed by atoms with van der Waals surface area (Å²) in [5, 5.41) is 50.4. The molecule has 8 aliphatic rings. The van der Waals surface area contributed by atoms with Crippen LogP contribution >= 0.6 is 0 Å². The van der Waals surface area contributed by atoms with Gasteiger partial charge in [-0.2, -0.15) is 0 Å². The van der Waals surface area contributed by atoms with E-state index in [-0.39, 0.29) is 48.3 Å². The molecule has 13 atom stereocenters. The molecule has 8 aliphatic carbocycles. The molecule has 0 aromatic heterocycles. The Kier molecular flexibility index (Phi) is 9.57. The van der Waals surface area contributed by atoms with E-state index < -0.39 is 80.1 Å². The van der Waals surface area contributed by atoms with Crippen LogP contribution in [0, 0.1) is 68.5 Å². The van der Waals surface area contributed by atoms with Gasteiger partial charge in [0.1, 0.15) is 11.4 Å². The predicted octanol–water partition coefficient (Wildman–Crippen LogP) is 6.22. The van der Waals surface area contributed by atoms with E-state index in [4.69, 9.17) is 11.5 Å². The molecule has 1 aromatic carbocycles. The molecule has 322 valence electrons. The quantitative estimate of drug-likeness (QED) is 0.0608. The lowest BCUT2D eigenvalue weighted by Gasteiger charge is -2.71. The highest BCUT2D eigenvalue weighted by Crippen LogP contribution is 2.86. The SMILES string of the molecule is CC(=CC(O)C1C(N=C(N)N)C=CC2(CC3(O)C=CC4(O)C5=C6C(=O)CC2(C2CCCC2)C53CCC#CCC2(C)C(=O)CCC6(C)C2C4C=Cc2ccccc2)C1C)C(=O)O. The van der Waals surface area contributed by atoms with Gasteiger partial charge in [0.2, 0.25) is 0 Å². The highest BCUT2D eigenvalue weighted by Gasteiger charge is 2.85. The van der Waals surface area contributed by atoms with Crippen molar-refractivity contribution < 1.29 is 34.8 Å². The van der Waals surface area contributed by atoms with E-state index in [1.54, 1.807) is 6.08 Å². The van der Waals surface area contributed by atoms with Crippen molar-refractivity contribution in [3.8, 4) is 11.8 Å². The summed E-state index contributed by atoms with van der Waals surface area (Å²) >= 11 is 0. The summed E-state index contributed by atoms with van der Waals surface area (Å²) in [5.41, 5.74) is 5.87. The molecule has 0 heterocycles. The van der Waals surface area contributed by atoms with Crippen LogP contribution in [0.25, 0.3) is 6.08 Å². The van der Waals surface area contributed by atoms with Gasteiger partial charge in [-0.3, -0.25) is 9.59 Å². The number of carboxylic acids is 1. The minimum absolute atomic E-state index is 0.0234. The predicted molar refractivity (Wildman–Crippen MR) is 233 cm³/mol. The minimum atomic E-state index is -1.76. The Balaban J connectivity index is 1.39. The summed E-state index contributed by atoms with van der Waals surface area (Å²) < 4.78 is 0. The van der Waals surface area contributed by atoms with E-state index in [9.17, 15) is 30.0 Å². The van der Waals surface area contributed by atoms with E-state index in [2.05, 4.69) is 35.9 Å². The first-order chi connectivity index (χ1) is 28.9. The maximum Gasteiger partial charge on any atom is 0.331 e. The molecule has 61 heavy (non-hydrogen) atoms. The van der Waals surface area contributed by atoms with Gasteiger partial charge in [0.05, 0.1) is 17.7 Å². The fraction of sp³-hybridized carbons (Fsp3) is 0.569. The Hall–Kier alpha value is -4.56. The Morgan fingerprint density at radius 1 is 1.00 bits per heavy atom. The average molecular weight is 828 g/mol. The van der Waals surface area contributed by atoms with Crippen LogP contribution in [0.4, 0.5) is 0 Å². The molecule has 3 saturated carbocycles. The molecule has 2 spiro atoms. The molecule has 1 aromatic rings. The largest absolute Gasteiger partial charge is 0.478 e. The number of allylic oxidation sites excluding steroid dienone is 2. The molecular formula is C51H61N3O7. The Morgan fingerprint density at radius 3 is 2.41 bits per heavy atom. The fourth-order valence-electron chi connectivity index (χ4n) is 15.9. The van der Waals surface area contributed by atoms with Crippen LogP contribution in [0.3, 0.4) is 0 Å². The van der Waals surface area contributed by atoms with Crippen LogP contribution < -0.4 is 11.5 Å². The number of benzene rings is 1. The van der Waals surface area contributed by atoms with Crippen molar-refractivity contribution in [3.05, 3.63) is 89.1 Å².